The summed E-state index contributed by atoms with van der Waals surface area (Å²) in [6, 6.07) is 6.92. The van der Waals surface area contributed by atoms with Gasteiger partial charge in [-0.1, -0.05) is 11.6 Å². The summed E-state index contributed by atoms with van der Waals surface area (Å²) in [4.78, 5) is 27.5. The second-order valence-corrected chi connectivity index (χ2v) is 7.94. The summed E-state index contributed by atoms with van der Waals surface area (Å²) in [6.45, 7) is 2.28. The van der Waals surface area contributed by atoms with E-state index >= 15 is 0 Å². The van der Waals surface area contributed by atoms with Crippen LogP contribution in [0, 0.1) is 11.3 Å². The molecule has 1 unspecified atom stereocenters. The monoisotopic (exact) mass is 394 g/mol. The summed E-state index contributed by atoms with van der Waals surface area (Å²) >= 11 is 5.94. The largest absolute Gasteiger partial charge is 0.489 e. The number of nitrogens with zero attached hydrogens (tertiary/aromatic N) is 2. The molecule has 2 fully saturated rings. The molecule has 0 aliphatic carbocycles. The lowest BCUT2D eigenvalue weighted by atomic mass is 9.64. The van der Waals surface area contributed by atoms with Crippen molar-refractivity contribution in [1.82, 2.24) is 9.80 Å². The van der Waals surface area contributed by atoms with Gasteiger partial charge in [-0.3, -0.25) is 0 Å². The van der Waals surface area contributed by atoms with Gasteiger partial charge < -0.3 is 24.7 Å². The van der Waals surface area contributed by atoms with Gasteiger partial charge in [-0.15, -0.1) is 0 Å². The van der Waals surface area contributed by atoms with Gasteiger partial charge in [-0.05, 0) is 38.4 Å². The van der Waals surface area contributed by atoms with Crippen LogP contribution in [0.2, 0.25) is 5.02 Å². The fraction of sp³-hybridized carbons (Fsp3) is 0.474. The molecule has 2 N–H and O–H groups in total. The minimum atomic E-state index is -1.27. The van der Waals surface area contributed by atoms with Crippen molar-refractivity contribution in [1.29, 1.82) is 0 Å². The Labute approximate surface area is 162 Å². The van der Waals surface area contributed by atoms with E-state index in [0.29, 0.717) is 23.9 Å². The van der Waals surface area contributed by atoms with Crippen molar-refractivity contribution >= 4 is 23.5 Å². The molecule has 2 heterocycles. The Balaban J connectivity index is 2.08. The van der Waals surface area contributed by atoms with Crippen molar-refractivity contribution in [2.45, 2.75) is 6.10 Å². The topological polar surface area (TPSA) is 90.3 Å². The molecule has 2 aliphatic rings. The van der Waals surface area contributed by atoms with Gasteiger partial charge in [0, 0.05) is 43.2 Å². The fourth-order valence-electron chi connectivity index (χ4n) is 4.56. The highest BCUT2D eigenvalue weighted by Gasteiger charge is 2.57. The Bertz CT molecular complexity index is 750. The van der Waals surface area contributed by atoms with E-state index < -0.39 is 23.5 Å². The smallest absolute Gasteiger partial charge is 0.332 e. The number of benzene rings is 1. The van der Waals surface area contributed by atoms with Crippen LogP contribution in [0.3, 0.4) is 0 Å². The first kappa shape index (κ1) is 19.7. The minimum absolute atomic E-state index is 0.0368. The quantitative estimate of drug-likeness (QED) is 0.734. The van der Waals surface area contributed by atoms with Crippen LogP contribution >= 0.6 is 11.6 Å². The average molecular weight is 395 g/mol. The third-order valence-corrected chi connectivity index (χ3v) is 5.53. The Hall–Kier alpha value is -2.09. The first-order chi connectivity index (χ1) is 12.7. The third kappa shape index (κ3) is 3.95. The van der Waals surface area contributed by atoms with Gasteiger partial charge in [0.25, 0.3) is 0 Å². The summed E-state index contributed by atoms with van der Waals surface area (Å²) in [5, 5.41) is 19.7. The van der Waals surface area contributed by atoms with E-state index in [1.807, 2.05) is 14.1 Å². The fourth-order valence-corrected chi connectivity index (χ4v) is 4.68. The van der Waals surface area contributed by atoms with Crippen molar-refractivity contribution in [2.24, 2.45) is 11.3 Å². The highest BCUT2D eigenvalue weighted by molar-refractivity contribution is 6.30. The zero-order valence-corrected chi connectivity index (χ0v) is 16.0. The summed E-state index contributed by atoms with van der Waals surface area (Å²) in [6.07, 6.45) is 0.364. The number of hydrogen-bond acceptors (Lipinski definition) is 5. The number of hydrogen-bond donors (Lipinski definition) is 2. The lowest BCUT2D eigenvalue weighted by molar-refractivity contribution is -0.142. The Kier molecular flexibility index (Phi) is 5.46. The number of carboxylic acid groups (broad SMARTS) is 2. The summed E-state index contributed by atoms with van der Waals surface area (Å²) in [7, 11) is 3.84. The highest BCUT2D eigenvalue weighted by Crippen LogP contribution is 2.45. The Morgan fingerprint density at radius 1 is 1.15 bits per heavy atom. The van der Waals surface area contributed by atoms with Crippen molar-refractivity contribution in [3.05, 3.63) is 40.9 Å². The van der Waals surface area contributed by atoms with Crippen LogP contribution in [0.15, 0.2) is 35.9 Å². The number of piperidine rings is 2. The zero-order valence-electron chi connectivity index (χ0n) is 15.3. The number of likely N-dealkylation sites (tertiary alicyclic amines) is 2. The lowest BCUT2D eigenvalue weighted by Crippen LogP contribution is -2.68. The standard InChI is InChI=1S/C19H23ClN2O5/c1-21-8-12-9-22(2)11-19(10-21,15(18(25)26)7-16(23)24)17(12)27-14-5-3-13(20)4-6-14/h3-7,12,17H,8-11H2,1-2H3,(H,23,24)(H,25,26)/b15-7-. The normalized spacial score (nSPS) is 29.4. The first-order valence-electron chi connectivity index (χ1n) is 8.69. The van der Waals surface area contributed by atoms with Gasteiger partial charge in [0.05, 0.1) is 11.0 Å². The molecule has 1 aromatic carbocycles. The summed E-state index contributed by atoms with van der Waals surface area (Å²) < 4.78 is 6.28. The number of carbonyl (C=O) groups is 2. The van der Waals surface area contributed by atoms with Crippen LogP contribution in [-0.2, 0) is 9.59 Å². The van der Waals surface area contributed by atoms with Crippen LogP contribution < -0.4 is 4.74 Å². The van der Waals surface area contributed by atoms with Crippen molar-refractivity contribution < 1.29 is 24.5 Å². The van der Waals surface area contributed by atoms with E-state index in [-0.39, 0.29) is 11.5 Å². The zero-order chi connectivity index (χ0) is 19.8. The summed E-state index contributed by atoms with van der Waals surface area (Å²) in [5.41, 5.74) is -1.09. The van der Waals surface area contributed by atoms with Crippen molar-refractivity contribution in [2.75, 3.05) is 40.3 Å². The molecular formula is C19H23ClN2O5. The van der Waals surface area contributed by atoms with E-state index in [0.717, 1.165) is 19.2 Å². The maximum absolute atomic E-state index is 12.0. The van der Waals surface area contributed by atoms with Gasteiger partial charge in [-0.2, -0.15) is 0 Å². The molecule has 7 nitrogen and oxygen atoms in total. The molecule has 2 saturated heterocycles. The molecule has 0 aromatic heterocycles. The number of carboxylic acids is 2. The Morgan fingerprint density at radius 2 is 1.70 bits per heavy atom. The predicted molar refractivity (Wildman–Crippen MR) is 100 cm³/mol. The number of ether oxygens (including phenoxy) is 1. The molecule has 0 spiro atoms. The van der Waals surface area contributed by atoms with E-state index in [1.165, 1.54) is 0 Å². The molecule has 3 rings (SSSR count). The van der Waals surface area contributed by atoms with Gasteiger partial charge in [0.1, 0.15) is 11.9 Å². The van der Waals surface area contributed by atoms with Crippen molar-refractivity contribution in [3.8, 4) is 5.75 Å². The molecule has 1 aromatic rings. The van der Waals surface area contributed by atoms with E-state index in [1.54, 1.807) is 24.3 Å². The molecule has 0 saturated carbocycles. The predicted octanol–water partition coefficient (Wildman–Crippen LogP) is 1.68. The maximum atomic E-state index is 12.0. The first-order valence-corrected chi connectivity index (χ1v) is 9.07. The lowest BCUT2D eigenvalue weighted by Gasteiger charge is -2.56. The van der Waals surface area contributed by atoms with Crippen LogP contribution in [0.1, 0.15) is 0 Å². The van der Waals surface area contributed by atoms with Crippen molar-refractivity contribution in [3.63, 3.8) is 0 Å². The van der Waals surface area contributed by atoms with E-state index in [2.05, 4.69) is 9.80 Å². The van der Waals surface area contributed by atoms with Crippen LogP contribution in [0.4, 0.5) is 0 Å². The molecule has 2 aliphatic heterocycles. The average Bonchev–Trinajstić information content (AvgIpc) is 2.55. The van der Waals surface area contributed by atoms with Gasteiger partial charge in [0.15, 0.2) is 0 Å². The number of rotatable bonds is 5. The second kappa shape index (κ2) is 7.50. The van der Waals surface area contributed by atoms with Crippen LogP contribution in [0.5, 0.6) is 5.75 Å². The second-order valence-electron chi connectivity index (χ2n) is 7.50. The molecule has 2 bridgehead atoms. The Morgan fingerprint density at radius 3 is 2.19 bits per heavy atom. The molecule has 0 amide bonds. The van der Waals surface area contributed by atoms with Gasteiger partial charge in [-0.25, -0.2) is 9.59 Å². The third-order valence-electron chi connectivity index (χ3n) is 5.28. The van der Waals surface area contributed by atoms with E-state index in [4.69, 9.17) is 16.3 Å². The van der Waals surface area contributed by atoms with Crippen LogP contribution in [0.25, 0.3) is 0 Å². The maximum Gasteiger partial charge on any atom is 0.332 e. The highest BCUT2D eigenvalue weighted by atomic mass is 35.5. The van der Waals surface area contributed by atoms with Gasteiger partial charge in [0.2, 0.25) is 0 Å². The molecule has 0 radical (unpaired) electrons. The SMILES string of the molecule is CN1CC2CN(C)CC(/C(=C\C(=O)O)C(=O)O)(C1)C2Oc1ccc(Cl)cc1. The molecular weight excluding hydrogens is 372 g/mol. The van der Waals surface area contributed by atoms with E-state index in [9.17, 15) is 19.8 Å². The summed E-state index contributed by atoms with van der Waals surface area (Å²) in [5.74, 6) is -1.88. The number of halogens is 1. The molecule has 27 heavy (non-hydrogen) atoms. The molecule has 8 heteroatoms. The minimum Gasteiger partial charge on any atom is -0.489 e. The van der Waals surface area contributed by atoms with Crippen LogP contribution in [-0.4, -0.2) is 78.3 Å². The molecule has 146 valence electrons. The number of fused-ring (bicyclic) bond motifs is 2. The number of aliphatic carboxylic acids is 2. The molecule has 1 atom stereocenters. The van der Waals surface area contributed by atoms with Gasteiger partial charge >= 0.3 is 11.9 Å².